The largest absolute Gasteiger partial charge is 0.444 e. The van der Waals surface area contributed by atoms with E-state index in [4.69, 9.17) is 11.2 Å². The van der Waals surface area contributed by atoms with Gasteiger partial charge in [-0.2, -0.15) is 0 Å². The fourth-order valence-corrected chi connectivity index (χ4v) is 4.53. The SMILES string of the molecule is C#Cc1ccccc1C(C(=O)NCc1ccccc1)N(C(=O)C(Cc1ccccc1)NC(=O)OC(C)(C)C)C(C)C. The fraction of sp³-hybridized carbons (Fsp3) is 0.324. The van der Waals surface area contributed by atoms with Crippen LogP contribution in [0.2, 0.25) is 0 Å². The second-order valence-electron chi connectivity index (χ2n) is 11.1. The summed E-state index contributed by atoms with van der Waals surface area (Å²) in [6.45, 7) is 9.21. The van der Waals surface area contributed by atoms with Crippen molar-refractivity contribution in [1.82, 2.24) is 15.5 Å². The molecule has 0 saturated heterocycles. The van der Waals surface area contributed by atoms with E-state index in [1.165, 1.54) is 4.90 Å². The summed E-state index contributed by atoms with van der Waals surface area (Å²) < 4.78 is 5.49. The summed E-state index contributed by atoms with van der Waals surface area (Å²) in [6.07, 6.45) is 5.32. The van der Waals surface area contributed by atoms with Gasteiger partial charge in [-0.15, -0.1) is 6.42 Å². The molecule has 0 bridgehead atoms. The molecule has 7 nitrogen and oxygen atoms in total. The highest BCUT2D eigenvalue weighted by Gasteiger charge is 2.38. The number of nitrogens with zero attached hydrogens (tertiary/aromatic N) is 1. The summed E-state index contributed by atoms with van der Waals surface area (Å²) >= 11 is 0. The van der Waals surface area contributed by atoms with Crippen LogP contribution in [0.15, 0.2) is 84.9 Å². The maximum absolute atomic E-state index is 14.4. The normalized spacial score (nSPS) is 12.5. The molecule has 214 valence electrons. The van der Waals surface area contributed by atoms with Gasteiger partial charge in [0.2, 0.25) is 11.8 Å². The number of rotatable bonds is 10. The molecule has 2 atom stereocenters. The molecule has 3 amide bonds. The van der Waals surface area contributed by atoms with E-state index >= 15 is 0 Å². The first kappa shape index (κ1) is 31.0. The average molecular weight is 554 g/mol. The van der Waals surface area contributed by atoms with E-state index in [0.29, 0.717) is 11.1 Å². The van der Waals surface area contributed by atoms with E-state index in [2.05, 4.69) is 16.6 Å². The Labute approximate surface area is 243 Å². The number of carbonyl (C=O) groups is 3. The molecule has 0 aliphatic rings. The van der Waals surface area contributed by atoms with Gasteiger partial charge in [-0.05, 0) is 57.4 Å². The molecule has 2 unspecified atom stereocenters. The molecule has 0 aliphatic carbocycles. The van der Waals surface area contributed by atoms with Crippen molar-refractivity contribution in [2.45, 2.75) is 71.3 Å². The van der Waals surface area contributed by atoms with Crippen molar-refractivity contribution in [2.24, 2.45) is 0 Å². The smallest absolute Gasteiger partial charge is 0.408 e. The summed E-state index contributed by atoms with van der Waals surface area (Å²) in [5.41, 5.74) is 2.04. The Kier molecular flexibility index (Phi) is 10.7. The summed E-state index contributed by atoms with van der Waals surface area (Å²) in [6, 6.07) is 23.5. The number of hydrogen-bond donors (Lipinski definition) is 2. The highest BCUT2D eigenvalue weighted by molar-refractivity contribution is 5.93. The van der Waals surface area contributed by atoms with Gasteiger partial charge in [0, 0.05) is 24.6 Å². The number of alkyl carbamates (subject to hydrolysis) is 1. The Morgan fingerprint density at radius 1 is 0.878 bits per heavy atom. The quantitative estimate of drug-likeness (QED) is 0.329. The predicted molar refractivity (Wildman–Crippen MR) is 161 cm³/mol. The lowest BCUT2D eigenvalue weighted by Gasteiger charge is -2.37. The Morgan fingerprint density at radius 2 is 1.44 bits per heavy atom. The van der Waals surface area contributed by atoms with Crippen LogP contribution in [-0.4, -0.2) is 40.5 Å². The highest BCUT2D eigenvalue weighted by Crippen LogP contribution is 2.28. The Hall–Kier alpha value is -4.57. The molecule has 3 rings (SSSR count). The molecular weight excluding hydrogens is 514 g/mol. The number of ether oxygens (including phenoxy) is 1. The zero-order chi connectivity index (χ0) is 30.0. The number of benzene rings is 3. The van der Waals surface area contributed by atoms with E-state index in [0.717, 1.165) is 11.1 Å². The summed E-state index contributed by atoms with van der Waals surface area (Å²) in [5, 5.41) is 5.75. The first-order valence-corrected chi connectivity index (χ1v) is 13.7. The van der Waals surface area contributed by atoms with Crippen LogP contribution in [0.3, 0.4) is 0 Å². The van der Waals surface area contributed by atoms with Crippen molar-refractivity contribution in [2.75, 3.05) is 0 Å². The third-order valence-corrected chi connectivity index (χ3v) is 6.33. The number of hydrogen-bond acceptors (Lipinski definition) is 4. The molecule has 0 spiro atoms. The highest BCUT2D eigenvalue weighted by atomic mass is 16.6. The lowest BCUT2D eigenvalue weighted by atomic mass is 9.95. The summed E-state index contributed by atoms with van der Waals surface area (Å²) in [4.78, 5) is 42.7. The first-order valence-electron chi connectivity index (χ1n) is 13.7. The third-order valence-electron chi connectivity index (χ3n) is 6.33. The average Bonchev–Trinajstić information content (AvgIpc) is 2.94. The minimum atomic E-state index is -1.04. The van der Waals surface area contributed by atoms with Gasteiger partial charge >= 0.3 is 6.09 Å². The zero-order valence-corrected chi connectivity index (χ0v) is 24.4. The van der Waals surface area contributed by atoms with Crippen molar-refractivity contribution in [3.05, 3.63) is 107 Å². The van der Waals surface area contributed by atoms with Crippen LogP contribution in [0.5, 0.6) is 0 Å². The van der Waals surface area contributed by atoms with Crippen LogP contribution in [-0.2, 0) is 27.3 Å². The lowest BCUT2D eigenvalue weighted by Crippen LogP contribution is -2.55. The summed E-state index contributed by atoms with van der Waals surface area (Å²) in [5.74, 6) is 1.85. The molecule has 7 heteroatoms. The minimum Gasteiger partial charge on any atom is -0.444 e. The Bertz CT molecular complexity index is 1360. The van der Waals surface area contributed by atoms with E-state index in [9.17, 15) is 14.4 Å². The van der Waals surface area contributed by atoms with Gasteiger partial charge in [0.25, 0.3) is 0 Å². The Balaban J connectivity index is 2.04. The van der Waals surface area contributed by atoms with Crippen LogP contribution in [0.1, 0.15) is 62.9 Å². The third kappa shape index (κ3) is 8.97. The number of carbonyl (C=O) groups excluding carboxylic acids is 3. The predicted octanol–water partition coefficient (Wildman–Crippen LogP) is 5.40. The van der Waals surface area contributed by atoms with E-state index in [1.807, 2.05) is 74.5 Å². The molecule has 3 aromatic carbocycles. The molecule has 0 heterocycles. The van der Waals surface area contributed by atoms with Gasteiger partial charge in [-0.1, -0.05) is 84.8 Å². The van der Waals surface area contributed by atoms with Crippen LogP contribution in [0.4, 0.5) is 4.79 Å². The molecule has 0 aliphatic heterocycles. The van der Waals surface area contributed by atoms with Gasteiger partial charge in [0.15, 0.2) is 0 Å². The number of amides is 3. The van der Waals surface area contributed by atoms with Gasteiger partial charge in [-0.25, -0.2) is 4.79 Å². The maximum Gasteiger partial charge on any atom is 0.408 e. The van der Waals surface area contributed by atoms with Crippen molar-refractivity contribution < 1.29 is 19.1 Å². The number of nitrogens with one attached hydrogen (secondary N) is 2. The molecule has 0 aromatic heterocycles. The number of terminal acetylenes is 1. The van der Waals surface area contributed by atoms with Crippen LogP contribution in [0, 0.1) is 12.3 Å². The standard InChI is InChI=1S/C34H39N3O4/c1-7-27-20-14-15-21-28(27)30(31(38)35-23-26-18-12-9-13-19-26)37(24(2)3)32(39)29(22-25-16-10-8-11-17-25)36-33(40)41-34(4,5)6/h1,8-21,24,29-30H,22-23H2,2-6H3,(H,35,38)(H,36,40). The van der Waals surface area contributed by atoms with E-state index < -0.39 is 35.7 Å². The van der Waals surface area contributed by atoms with E-state index in [1.54, 1.807) is 45.0 Å². The van der Waals surface area contributed by atoms with Crippen molar-refractivity contribution in [3.8, 4) is 12.3 Å². The lowest BCUT2D eigenvalue weighted by molar-refractivity contribution is -0.144. The fourth-order valence-electron chi connectivity index (χ4n) is 4.53. The maximum atomic E-state index is 14.4. The van der Waals surface area contributed by atoms with Crippen LogP contribution >= 0.6 is 0 Å². The van der Waals surface area contributed by atoms with Gasteiger partial charge in [-0.3, -0.25) is 9.59 Å². The monoisotopic (exact) mass is 553 g/mol. The molecule has 0 saturated carbocycles. The minimum absolute atomic E-state index is 0.206. The molecule has 0 fully saturated rings. The topological polar surface area (TPSA) is 87.7 Å². The second kappa shape index (κ2) is 14.2. The van der Waals surface area contributed by atoms with Gasteiger partial charge in [0.1, 0.15) is 17.7 Å². The van der Waals surface area contributed by atoms with Gasteiger partial charge in [0.05, 0.1) is 0 Å². The van der Waals surface area contributed by atoms with Crippen LogP contribution < -0.4 is 10.6 Å². The van der Waals surface area contributed by atoms with Crippen molar-refractivity contribution in [3.63, 3.8) is 0 Å². The van der Waals surface area contributed by atoms with Crippen molar-refractivity contribution in [1.29, 1.82) is 0 Å². The van der Waals surface area contributed by atoms with Crippen LogP contribution in [0.25, 0.3) is 0 Å². The molecule has 0 radical (unpaired) electrons. The van der Waals surface area contributed by atoms with Crippen molar-refractivity contribution >= 4 is 17.9 Å². The molecule has 3 aromatic rings. The Morgan fingerprint density at radius 3 is 2.00 bits per heavy atom. The second-order valence-corrected chi connectivity index (χ2v) is 11.1. The molecule has 2 N–H and O–H groups in total. The molecule has 41 heavy (non-hydrogen) atoms. The summed E-state index contributed by atoms with van der Waals surface area (Å²) in [7, 11) is 0. The van der Waals surface area contributed by atoms with Gasteiger partial charge < -0.3 is 20.3 Å². The first-order chi connectivity index (χ1) is 19.5. The van der Waals surface area contributed by atoms with E-state index in [-0.39, 0.29) is 18.9 Å². The zero-order valence-electron chi connectivity index (χ0n) is 24.4. The molecular formula is C34H39N3O4.